The van der Waals surface area contributed by atoms with Gasteiger partial charge in [0.25, 0.3) is 15.9 Å². The first-order valence-corrected chi connectivity index (χ1v) is 13.9. The fourth-order valence-corrected chi connectivity index (χ4v) is 5.99. The fourth-order valence-electron chi connectivity index (χ4n) is 4.54. The first kappa shape index (κ1) is 27.7. The summed E-state index contributed by atoms with van der Waals surface area (Å²) in [5.74, 6) is -0.00604. The van der Waals surface area contributed by atoms with Crippen LogP contribution in [0, 0.1) is 27.7 Å². The number of aromatic nitrogens is 1. The van der Waals surface area contributed by atoms with Crippen LogP contribution in [0.25, 0.3) is 5.69 Å². The maximum Gasteiger partial charge on any atom is 0.264 e. The van der Waals surface area contributed by atoms with E-state index in [0.717, 1.165) is 38.1 Å². The van der Waals surface area contributed by atoms with Crippen LogP contribution in [0.5, 0.6) is 5.75 Å². The summed E-state index contributed by atoms with van der Waals surface area (Å²) in [6.07, 6.45) is 1.58. The average molecular weight is 545 g/mol. The van der Waals surface area contributed by atoms with E-state index >= 15 is 0 Å². The Bertz CT molecular complexity index is 1590. The van der Waals surface area contributed by atoms with Crippen LogP contribution in [0.4, 0.5) is 5.69 Å². The van der Waals surface area contributed by atoms with E-state index in [4.69, 9.17) is 4.74 Å². The molecule has 0 radical (unpaired) electrons. The molecule has 1 amide bonds. The number of amides is 1. The molecule has 39 heavy (non-hydrogen) atoms. The highest BCUT2D eigenvalue weighted by Crippen LogP contribution is 2.27. The minimum atomic E-state index is -4.02. The summed E-state index contributed by atoms with van der Waals surface area (Å²) in [4.78, 5) is 13.0. The second kappa shape index (κ2) is 11.6. The molecule has 202 valence electrons. The Labute approximate surface area is 229 Å². The number of hydrogen-bond donors (Lipinski definition) is 1. The van der Waals surface area contributed by atoms with Gasteiger partial charge in [-0.3, -0.25) is 9.10 Å². The van der Waals surface area contributed by atoms with Gasteiger partial charge < -0.3 is 9.30 Å². The summed E-state index contributed by atoms with van der Waals surface area (Å²) in [5, 5.41) is 4.14. The van der Waals surface area contributed by atoms with E-state index < -0.39 is 22.5 Å². The van der Waals surface area contributed by atoms with Crippen LogP contribution in [0.3, 0.4) is 0 Å². The number of carbonyl (C=O) groups excluding carboxylic acids is 1. The summed E-state index contributed by atoms with van der Waals surface area (Å²) in [6.45, 7) is 7.72. The lowest BCUT2D eigenvalue weighted by Crippen LogP contribution is -2.39. The molecule has 3 aromatic carbocycles. The molecule has 0 saturated carbocycles. The molecule has 4 rings (SSSR count). The molecule has 1 aromatic heterocycles. The van der Waals surface area contributed by atoms with Gasteiger partial charge in [-0.2, -0.15) is 5.10 Å². The Hall–Kier alpha value is -4.37. The number of nitrogens with zero attached hydrogens (tertiary/aromatic N) is 3. The topological polar surface area (TPSA) is 93.0 Å². The first-order valence-electron chi connectivity index (χ1n) is 12.4. The second-order valence-corrected chi connectivity index (χ2v) is 11.1. The highest BCUT2D eigenvalue weighted by atomic mass is 32.2. The molecular weight excluding hydrogens is 512 g/mol. The van der Waals surface area contributed by atoms with Gasteiger partial charge in [0, 0.05) is 17.0 Å². The minimum Gasteiger partial charge on any atom is -0.497 e. The Morgan fingerprint density at radius 2 is 1.59 bits per heavy atom. The lowest BCUT2D eigenvalue weighted by atomic mass is 10.1. The standard InChI is InChI=1S/C30H32N4O4S/c1-21-10-9-11-22(2)30(21)34-23(3)18-25(24(34)4)19-31-32-29(35)20-33(26-14-16-27(38-5)17-15-26)39(36,37)28-12-7-6-8-13-28/h6-19H,20H2,1-5H3,(H,32,35)/b31-19-. The molecule has 8 nitrogen and oxygen atoms in total. The minimum absolute atomic E-state index is 0.0797. The van der Waals surface area contributed by atoms with Gasteiger partial charge in [-0.25, -0.2) is 13.8 Å². The third-order valence-electron chi connectivity index (χ3n) is 6.51. The van der Waals surface area contributed by atoms with E-state index in [2.05, 4.69) is 41.1 Å². The van der Waals surface area contributed by atoms with E-state index in [1.54, 1.807) is 48.7 Å². The largest absolute Gasteiger partial charge is 0.497 e. The molecule has 0 unspecified atom stereocenters. The van der Waals surface area contributed by atoms with E-state index in [1.807, 2.05) is 26.0 Å². The Kier molecular flexibility index (Phi) is 8.21. The maximum absolute atomic E-state index is 13.5. The number of hydrazone groups is 1. The predicted molar refractivity (Wildman–Crippen MR) is 154 cm³/mol. The average Bonchev–Trinajstić information content (AvgIpc) is 3.20. The number of benzene rings is 3. The van der Waals surface area contributed by atoms with Crippen molar-refractivity contribution in [3.63, 3.8) is 0 Å². The van der Waals surface area contributed by atoms with Gasteiger partial charge in [0.15, 0.2) is 0 Å². The van der Waals surface area contributed by atoms with Crippen LogP contribution in [0.2, 0.25) is 0 Å². The van der Waals surface area contributed by atoms with Crippen molar-refractivity contribution in [1.82, 2.24) is 9.99 Å². The molecule has 0 aliphatic carbocycles. The zero-order valence-corrected chi connectivity index (χ0v) is 23.5. The van der Waals surface area contributed by atoms with Crippen LogP contribution in [0.15, 0.2) is 88.9 Å². The Balaban J connectivity index is 1.57. The highest BCUT2D eigenvalue weighted by molar-refractivity contribution is 7.92. The molecule has 4 aromatic rings. The zero-order valence-electron chi connectivity index (χ0n) is 22.7. The smallest absolute Gasteiger partial charge is 0.264 e. The molecule has 0 bridgehead atoms. The number of nitrogens with one attached hydrogen (secondary N) is 1. The van der Waals surface area contributed by atoms with Crippen molar-refractivity contribution in [2.24, 2.45) is 5.10 Å². The molecule has 0 atom stereocenters. The predicted octanol–water partition coefficient (Wildman–Crippen LogP) is 5.07. The van der Waals surface area contributed by atoms with E-state index in [9.17, 15) is 13.2 Å². The van der Waals surface area contributed by atoms with Gasteiger partial charge in [-0.05, 0) is 81.3 Å². The molecule has 1 heterocycles. The van der Waals surface area contributed by atoms with Gasteiger partial charge in [0.2, 0.25) is 0 Å². The van der Waals surface area contributed by atoms with Crippen molar-refractivity contribution in [3.8, 4) is 11.4 Å². The lowest BCUT2D eigenvalue weighted by Gasteiger charge is -2.23. The molecule has 0 fully saturated rings. The lowest BCUT2D eigenvalue weighted by molar-refractivity contribution is -0.119. The molecule has 0 saturated heterocycles. The summed E-state index contributed by atoms with van der Waals surface area (Å²) < 4.78 is 35.3. The molecule has 9 heteroatoms. The zero-order chi connectivity index (χ0) is 28.2. The van der Waals surface area contributed by atoms with Gasteiger partial charge >= 0.3 is 0 Å². The Morgan fingerprint density at radius 3 is 2.21 bits per heavy atom. The number of anilines is 1. The summed E-state index contributed by atoms with van der Waals surface area (Å²) in [5.41, 5.74) is 9.12. The second-order valence-electron chi connectivity index (χ2n) is 9.22. The number of carbonyl (C=O) groups is 1. The number of rotatable bonds is 9. The van der Waals surface area contributed by atoms with Crippen LogP contribution in [-0.4, -0.2) is 38.8 Å². The van der Waals surface area contributed by atoms with Gasteiger partial charge in [0.05, 0.1) is 29.6 Å². The van der Waals surface area contributed by atoms with E-state index in [0.29, 0.717) is 11.4 Å². The molecule has 0 spiro atoms. The normalized spacial score (nSPS) is 11.5. The van der Waals surface area contributed by atoms with Crippen molar-refractivity contribution in [2.45, 2.75) is 32.6 Å². The number of hydrogen-bond acceptors (Lipinski definition) is 5. The molecule has 0 aliphatic heterocycles. The van der Waals surface area contributed by atoms with E-state index in [1.165, 1.54) is 19.2 Å². The van der Waals surface area contributed by atoms with Gasteiger partial charge in [-0.15, -0.1) is 0 Å². The van der Waals surface area contributed by atoms with E-state index in [-0.39, 0.29) is 4.90 Å². The monoisotopic (exact) mass is 544 g/mol. The van der Waals surface area contributed by atoms with Crippen molar-refractivity contribution in [1.29, 1.82) is 0 Å². The first-order chi connectivity index (χ1) is 18.6. The third-order valence-corrected chi connectivity index (χ3v) is 8.29. The summed E-state index contributed by atoms with van der Waals surface area (Å²) in [7, 11) is -2.49. The van der Waals surface area contributed by atoms with Crippen LogP contribution < -0.4 is 14.5 Å². The Morgan fingerprint density at radius 1 is 0.949 bits per heavy atom. The molecule has 1 N–H and O–H groups in total. The number of sulfonamides is 1. The van der Waals surface area contributed by atoms with Gasteiger partial charge in [-0.1, -0.05) is 36.4 Å². The summed E-state index contributed by atoms with van der Waals surface area (Å²) in [6, 6.07) is 22.7. The van der Waals surface area contributed by atoms with Crippen LogP contribution in [0.1, 0.15) is 28.1 Å². The molecule has 0 aliphatic rings. The van der Waals surface area contributed by atoms with Crippen molar-refractivity contribution in [2.75, 3.05) is 18.0 Å². The SMILES string of the molecule is COc1ccc(N(CC(=O)N/N=C\c2cc(C)n(-c3c(C)cccc3C)c2C)S(=O)(=O)c2ccccc2)cc1. The number of aryl methyl sites for hydroxylation is 3. The van der Waals surface area contributed by atoms with Crippen molar-refractivity contribution >= 4 is 27.8 Å². The number of methoxy groups -OCH3 is 1. The van der Waals surface area contributed by atoms with Crippen LogP contribution >= 0.6 is 0 Å². The summed E-state index contributed by atoms with van der Waals surface area (Å²) >= 11 is 0. The number of ether oxygens (including phenoxy) is 1. The quantitative estimate of drug-likeness (QED) is 0.235. The van der Waals surface area contributed by atoms with Crippen LogP contribution in [-0.2, 0) is 14.8 Å². The third kappa shape index (κ3) is 5.88. The molecular formula is C30H32N4O4S. The number of para-hydroxylation sites is 1. The fraction of sp³-hybridized carbons (Fsp3) is 0.200. The van der Waals surface area contributed by atoms with Crippen molar-refractivity contribution < 1.29 is 17.9 Å². The van der Waals surface area contributed by atoms with Gasteiger partial charge in [0.1, 0.15) is 12.3 Å². The van der Waals surface area contributed by atoms with Crippen molar-refractivity contribution in [3.05, 3.63) is 107 Å². The maximum atomic E-state index is 13.5. The highest BCUT2D eigenvalue weighted by Gasteiger charge is 2.27.